The van der Waals surface area contributed by atoms with Crippen LogP contribution < -0.4 is 14.8 Å². The topological polar surface area (TPSA) is 65.4 Å². The summed E-state index contributed by atoms with van der Waals surface area (Å²) in [4.78, 5) is 12.4. The largest absolute Gasteiger partial charge is 0.493 e. The van der Waals surface area contributed by atoms with Crippen molar-refractivity contribution in [2.75, 3.05) is 19.0 Å². The van der Waals surface area contributed by atoms with Crippen molar-refractivity contribution in [3.63, 3.8) is 0 Å². The van der Waals surface area contributed by atoms with E-state index >= 15 is 0 Å². The zero-order valence-electron chi connectivity index (χ0n) is 16.3. The quantitative estimate of drug-likeness (QED) is 0.677. The summed E-state index contributed by atoms with van der Waals surface area (Å²) in [7, 11) is 1.60. The van der Waals surface area contributed by atoms with Gasteiger partial charge in [-0.25, -0.2) is 9.07 Å². The number of amides is 1. The molecule has 4 rings (SSSR count). The van der Waals surface area contributed by atoms with Crippen molar-refractivity contribution < 1.29 is 18.7 Å². The molecule has 150 valence electrons. The van der Waals surface area contributed by atoms with Crippen molar-refractivity contribution in [2.45, 2.75) is 25.7 Å². The molecule has 0 fully saturated rings. The van der Waals surface area contributed by atoms with E-state index in [1.54, 1.807) is 30.1 Å². The van der Waals surface area contributed by atoms with Gasteiger partial charge in [0, 0.05) is 17.9 Å². The Kier molecular flexibility index (Phi) is 5.20. The Morgan fingerprint density at radius 1 is 1.21 bits per heavy atom. The van der Waals surface area contributed by atoms with Crippen LogP contribution in [0.4, 0.5) is 10.2 Å². The average molecular weight is 395 g/mol. The average Bonchev–Trinajstić information content (AvgIpc) is 3.15. The predicted octanol–water partition coefficient (Wildman–Crippen LogP) is 4.28. The Morgan fingerprint density at radius 3 is 2.72 bits per heavy atom. The molecule has 0 bridgehead atoms. The van der Waals surface area contributed by atoms with Crippen molar-refractivity contribution in [2.24, 2.45) is 0 Å². The highest BCUT2D eigenvalue weighted by Gasteiger charge is 2.31. The van der Waals surface area contributed by atoms with E-state index < -0.39 is 0 Å². The number of ether oxygens (including phenoxy) is 2. The molecule has 1 atom stereocenters. The molecule has 0 radical (unpaired) electrons. The SMILES string of the molecule is CCCOc1ccc(C2CC(=O)Nc3c2cnn3-c2ccc(F)cc2)cc1OC. The minimum atomic E-state index is -0.325. The number of hydrogen-bond acceptors (Lipinski definition) is 4. The number of anilines is 1. The first-order chi connectivity index (χ1) is 14.1. The number of methoxy groups -OCH3 is 1. The summed E-state index contributed by atoms with van der Waals surface area (Å²) in [5.41, 5.74) is 2.52. The zero-order valence-corrected chi connectivity index (χ0v) is 16.3. The first-order valence-electron chi connectivity index (χ1n) is 9.55. The van der Waals surface area contributed by atoms with Crippen LogP contribution in [-0.4, -0.2) is 29.4 Å². The molecule has 1 aromatic heterocycles. The van der Waals surface area contributed by atoms with Gasteiger partial charge in [-0.05, 0) is 48.4 Å². The van der Waals surface area contributed by atoms with E-state index in [9.17, 15) is 9.18 Å². The fourth-order valence-corrected chi connectivity index (χ4v) is 3.53. The smallest absolute Gasteiger partial charge is 0.226 e. The standard InChI is InChI=1S/C22H22FN3O3/c1-3-10-29-19-9-4-14(11-20(19)28-2)17-12-21(27)25-22-18(17)13-24-26(22)16-7-5-15(23)6-8-16/h4-9,11,13,17H,3,10,12H2,1-2H3,(H,25,27). The van der Waals surface area contributed by atoms with Crippen LogP contribution in [0.3, 0.4) is 0 Å². The third-order valence-electron chi connectivity index (χ3n) is 4.94. The second-order valence-corrected chi connectivity index (χ2v) is 6.90. The lowest BCUT2D eigenvalue weighted by Crippen LogP contribution is -2.24. The molecule has 0 spiro atoms. The predicted molar refractivity (Wildman–Crippen MR) is 107 cm³/mol. The van der Waals surface area contributed by atoms with Crippen molar-refractivity contribution in [1.82, 2.24) is 9.78 Å². The molecule has 1 N–H and O–H groups in total. The Bertz CT molecular complexity index is 1030. The van der Waals surface area contributed by atoms with Gasteiger partial charge in [0.25, 0.3) is 0 Å². The third-order valence-corrected chi connectivity index (χ3v) is 4.94. The van der Waals surface area contributed by atoms with E-state index in [0.717, 1.165) is 17.5 Å². The molecular formula is C22H22FN3O3. The lowest BCUT2D eigenvalue weighted by molar-refractivity contribution is -0.116. The van der Waals surface area contributed by atoms with Crippen LogP contribution in [0.2, 0.25) is 0 Å². The summed E-state index contributed by atoms with van der Waals surface area (Å²) >= 11 is 0. The second-order valence-electron chi connectivity index (χ2n) is 6.90. The molecule has 1 aliphatic rings. The van der Waals surface area contributed by atoms with E-state index in [4.69, 9.17) is 9.47 Å². The van der Waals surface area contributed by atoms with Gasteiger partial charge in [-0.2, -0.15) is 5.10 Å². The summed E-state index contributed by atoms with van der Waals surface area (Å²) in [6.07, 6.45) is 2.96. The molecule has 0 aliphatic carbocycles. The molecule has 3 aromatic rings. The fraction of sp³-hybridized carbons (Fsp3) is 0.273. The van der Waals surface area contributed by atoms with Crippen molar-refractivity contribution in [1.29, 1.82) is 0 Å². The van der Waals surface area contributed by atoms with E-state index in [1.807, 2.05) is 25.1 Å². The van der Waals surface area contributed by atoms with Crippen molar-refractivity contribution in [3.05, 3.63) is 65.6 Å². The van der Waals surface area contributed by atoms with Crippen LogP contribution in [0.15, 0.2) is 48.7 Å². The molecule has 1 unspecified atom stereocenters. The summed E-state index contributed by atoms with van der Waals surface area (Å²) in [5.74, 6) is 1.33. The van der Waals surface area contributed by atoms with Crippen molar-refractivity contribution in [3.8, 4) is 17.2 Å². The number of aromatic nitrogens is 2. The monoisotopic (exact) mass is 395 g/mol. The van der Waals surface area contributed by atoms with Crippen LogP contribution in [-0.2, 0) is 4.79 Å². The number of fused-ring (bicyclic) bond motifs is 1. The van der Waals surface area contributed by atoms with Crippen LogP contribution >= 0.6 is 0 Å². The number of carbonyl (C=O) groups is 1. The first kappa shape index (κ1) is 19.0. The molecule has 29 heavy (non-hydrogen) atoms. The summed E-state index contributed by atoms with van der Waals surface area (Å²) < 4.78 is 26.1. The van der Waals surface area contributed by atoms with Gasteiger partial charge in [0.1, 0.15) is 11.6 Å². The van der Waals surface area contributed by atoms with Crippen LogP contribution in [0.1, 0.15) is 36.8 Å². The van der Waals surface area contributed by atoms with E-state index in [-0.39, 0.29) is 17.6 Å². The van der Waals surface area contributed by atoms with Gasteiger partial charge in [0.2, 0.25) is 5.91 Å². The lowest BCUT2D eigenvalue weighted by Gasteiger charge is -2.24. The van der Waals surface area contributed by atoms with E-state index in [2.05, 4.69) is 10.4 Å². The fourth-order valence-electron chi connectivity index (χ4n) is 3.53. The molecule has 0 saturated heterocycles. The maximum atomic E-state index is 13.3. The molecule has 1 amide bonds. The molecule has 2 heterocycles. The summed E-state index contributed by atoms with van der Waals surface area (Å²) in [6, 6.07) is 11.7. The van der Waals surface area contributed by atoms with Gasteiger partial charge in [0.15, 0.2) is 11.5 Å². The molecule has 6 nitrogen and oxygen atoms in total. The molecular weight excluding hydrogens is 373 g/mol. The minimum Gasteiger partial charge on any atom is -0.493 e. The molecule has 0 saturated carbocycles. The molecule has 7 heteroatoms. The van der Waals surface area contributed by atoms with E-state index in [0.29, 0.717) is 36.0 Å². The third kappa shape index (κ3) is 3.68. The minimum absolute atomic E-state index is 0.100. The van der Waals surface area contributed by atoms with Gasteiger partial charge in [-0.1, -0.05) is 13.0 Å². The highest BCUT2D eigenvalue weighted by atomic mass is 19.1. The summed E-state index contributed by atoms with van der Waals surface area (Å²) in [5, 5.41) is 7.33. The second kappa shape index (κ2) is 7.95. The number of carbonyl (C=O) groups excluding carboxylic acids is 1. The summed E-state index contributed by atoms with van der Waals surface area (Å²) in [6.45, 7) is 2.65. The number of benzene rings is 2. The van der Waals surface area contributed by atoms with Gasteiger partial charge in [-0.15, -0.1) is 0 Å². The molecule has 1 aliphatic heterocycles. The number of nitrogens with zero attached hydrogens (tertiary/aromatic N) is 2. The van der Waals surface area contributed by atoms with E-state index in [1.165, 1.54) is 12.1 Å². The Balaban J connectivity index is 1.72. The number of rotatable bonds is 6. The van der Waals surface area contributed by atoms with Crippen LogP contribution in [0, 0.1) is 5.82 Å². The number of hydrogen-bond donors (Lipinski definition) is 1. The van der Waals surface area contributed by atoms with Crippen LogP contribution in [0.5, 0.6) is 11.5 Å². The Labute approximate surface area is 168 Å². The highest BCUT2D eigenvalue weighted by molar-refractivity contribution is 5.94. The van der Waals surface area contributed by atoms with Gasteiger partial charge in [0.05, 0.1) is 25.6 Å². The number of halogens is 1. The van der Waals surface area contributed by atoms with Gasteiger partial charge < -0.3 is 14.8 Å². The maximum Gasteiger partial charge on any atom is 0.226 e. The van der Waals surface area contributed by atoms with Gasteiger partial charge in [-0.3, -0.25) is 4.79 Å². The Morgan fingerprint density at radius 2 is 2.00 bits per heavy atom. The lowest BCUT2D eigenvalue weighted by atomic mass is 9.87. The van der Waals surface area contributed by atoms with Crippen molar-refractivity contribution >= 4 is 11.7 Å². The maximum absolute atomic E-state index is 13.3. The zero-order chi connectivity index (χ0) is 20.4. The normalized spacial score (nSPS) is 15.6. The Hall–Kier alpha value is -3.35. The number of nitrogens with one attached hydrogen (secondary N) is 1. The molecule has 2 aromatic carbocycles. The highest BCUT2D eigenvalue weighted by Crippen LogP contribution is 2.40. The first-order valence-corrected chi connectivity index (χ1v) is 9.55. The van der Waals surface area contributed by atoms with Gasteiger partial charge >= 0.3 is 0 Å². The van der Waals surface area contributed by atoms with Crippen LogP contribution in [0.25, 0.3) is 5.69 Å².